The molecule has 0 bridgehead atoms. The molecule has 0 unspecified atom stereocenters. The summed E-state index contributed by atoms with van der Waals surface area (Å²) in [7, 11) is 0. The molecular formula is C17H14N4O5. The molecule has 0 saturated carbocycles. The Balaban J connectivity index is 2.26. The molecule has 0 atom stereocenters. The van der Waals surface area contributed by atoms with Gasteiger partial charge in [0.15, 0.2) is 0 Å². The highest BCUT2D eigenvalue weighted by molar-refractivity contribution is 6.02. The van der Waals surface area contributed by atoms with Gasteiger partial charge in [0.1, 0.15) is 17.0 Å². The van der Waals surface area contributed by atoms with Crippen molar-refractivity contribution in [1.82, 2.24) is 4.98 Å². The highest BCUT2D eigenvalue weighted by Crippen LogP contribution is 2.41. The predicted molar refractivity (Wildman–Crippen MR) is 95.9 cm³/mol. The summed E-state index contributed by atoms with van der Waals surface area (Å²) in [5.74, 6) is 0.506. The molecule has 0 saturated heterocycles. The van der Waals surface area contributed by atoms with Crippen LogP contribution in [-0.2, 0) is 0 Å². The maximum Gasteiger partial charge on any atom is 0.301 e. The van der Waals surface area contributed by atoms with Gasteiger partial charge in [-0.25, -0.2) is 0 Å². The minimum absolute atomic E-state index is 0.0725. The highest BCUT2D eigenvalue weighted by Gasteiger charge is 2.27. The smallest absolute Gasteiger partial charge is 0.301 e. The molecule has 9 nitrogen and oxygen atoms in total. The summed E-state index contributed by atoms with van der Waals surface area (Å²) in [6, 6.07) is 10.9. The zero-order valence-electron chi connectivity index (χ0n) is 13.7. The Bertz CT molecular complexity index is 1010. The number of nitrogens with zero attached hydrogens (tertiary/aromatic N) is 3. The van der Waals surface area contributed by atoms with Crippen LogP contribution in [-0.4, -0.2) is 21.4 Å². The van der Waals surface area contributed by atoms with Crippen molar-refractivity contribution in [2.75, 3.05) is 11.9 Å². The van der Waals surface area contributed by atoms with Gasteiger partial charge in [0.2, 0.25) is 0 Å². The fourth-order valence-corrected chi connectivity index (χ4v) is 2.62. The molecular weight excluding hydrogens is 340 g/mol. The van der Waals surface area contributed by atoms with Gasteiger partial charge < -0.3 is 10.1 Å². The SMILES string of the molecule is CCOc1ccccc1Nc1c([N+](=O)[O-])cc([N+](=O)[O-])c2cccnc12. The van der Waals surface area contributed by atoms with Crippen LogP contribution in [0.5, 0.6) is 5.75 Å². The number of rotatable bonds is 6. The number of nitro groups is 2. The van der Waals surface area contributed by atoms with Gasteiger partial charge >= 0.3 is 5.69 Å². The average molecular weight is 354 g/mol. The van der Waals surface area contributed by atoms with E-state index >= 15 is 0 Å². The maximum absolute atomic E-state index is 11.5. The van der Waals surface area contributed by atoms with Crippen molar-refractivity contribution in [2.24, 2.45) is 0 Å². The molecule has 132 valence electrons. The molecule has 1 aromatic heterocycles. The first kappa shape index (κ1) is 17.1. The van der Waals surface area contributed by atoms with Crippen LogP contribution in [0.3, 0.4) is 0 Å². The number of para-hydroxylation sites is 2. The van der Waals surface area contributed by atoms with E-state index in [2.05, 4.69) is 10.3 Å². The van der Waals surface area contributed by atoms with Gasteiger partial charge in [-0.15, -0.1) is 0 Å². The zero-order valence-corrected chi connectivity index (χ0v) is 13.7. The Morgan fingerprint density at radius 2 is 1.81 bits per heavy atom. The lowest BCUT2D eigenvalue weighted by molar-refractivity contribution is -0.392. The van der Waals surface area contributed by atoms with Crippen molar-refractivity contribution in [2.45, 2.75) is 6.92 Å². The van der Waals surface area contributed by atoms with Crippen molar-refractivity contribution >= 4 is 33.7 Å². The minimum Gasteiger partial charge on any atom is -0.492 e. The van der Waals surface area contributed by atoms with Crippen molar-refractivity contribution in [3.05, 3.63) is 68.9 Å². The zero-order chi connectivity index (χ0) is 18.7. The summed E-state index contributed by atoms with van der Waals surface area (Å²) in [6.45, 7) is 2.24. The molecule has 1 N–H and O–H groups in total. The number of hydrogen-bond acceptors (Lipinski definition) is 7. The van der Waals surface area contributed by atoms with Crippen molar-refractivity contribution in [3.8, 4) is 5.75 Å². The number of anilines is 2. The molecule has 26 heavy (non-hydrogen) atoms. The third-order valence-corrected chi connectivity index (χ3v) is 3.69. The average Bonchev–Trinajstić information content (AvgIpc) is 2.63. The molecule has 0 aliphatic carbocycles. The van der Waals surface area contributed by atoms with Crippen LogP contribution >= 0.6 is 0 Å². The van der Waals surface area contributed by atoms with Crippen LogP contribution in [0.1, 0.15) is 6.92 Å². The monoisotopic (exact) mass is 354 g/mol. The number of benzene rings is 2. The number of nitrogens with one attached hydrogen (secondary N) is 1. The molecule has 0 spiro atoms. The fraction of sp³-hybridized carbons (Fsp3) is 0.118. The predicted octanol–water partition coefficient (Wildman–Crippen LogP) is 4.19. The summed E-state index contributed by atoms with van der Waals surface area (Å²) >= 11 is 0. The number of hydrogen-bond donors (Lipinski definition) is 1. The molecule has 3 aromatic rings. The molecule has 3 rings (SSSR count). The lowest BCUT2D eigenvalue weighted by Crippen LogP contribution is -2.03. The van der Waals surface area contributed by atoms with Gasteiger partial charge in [0.05, 0.1) is 33.6 Å². The number of non-ortho nitro benzene ring substituents is 1. The lowest BCUT2D eigenvalue weighted by atomic mass is 10.1. The van der Waals surface area contributed by atoms with Crippen molar-refractivity contribution in [3.63, 3.8) is 0 Å². The second-order valence-corrected chi connectivity index (χ2v) is 5.26. The Hall–Kier alpha value is -3.75. The van der Waals surface area contributed by atoms with E-state index in [-0.39, 0.29) is 22.3 Å². The minimum atomic E-state index is -0.674. The molecule has 0 amide bonds. The summed E-state index contributed by atoms with van der Waals surface area (Å²) in [4.78, 5) is 25.6. The Morgan fingerprint density at radius 3 is 2.50 bits per heavy atom. The number of fused-ring (bicyclic) bond motifs is 1. The van der Waals surface area contributed by atoms with E-state index in [4.69, 9.17) is 4.74 Å². The molecule has 0 aliphatic rings. The normalized spacial score (nSPS) is 10.5. The van der Waals surface area contributed by atoms with E-state index in [1.165, 1.54) is 12.3 Å². The van der Waals surface area contributed by atoms with Gasteiger partial charge in [-0.05, 0) is 31.2 Å². The van der Waals surface area contributed by atoms with E-state index in [9.17, 15) is 20.2 Å². The van der Waals surface area contributed by atoms with Gasteiger partial charge in [-0.1, -0.05) is 12.1 Å². The van der Waals surface area contributed by atoms with Gasteiger partial charge in [0, 0.05) is 6.20 Å². The number of ether oxygens (including phenoxy) is 1. The highest BCUT2D eigenvalue weighted by atomic mass is 16.6. The van der Waals surface area contributed by atoms with Crippen LogP contribution in [0.2, 0.25) is 0 Å². The van der Waals surface area contributed by atoms with Crippen LogP contribution in [0.15, 0.2) is 48.7 Å². The summed E-state index contributed by atoms with van der Waals surface area (Å²) in [6.07, 6.45) is 1.43. The Kier molecular flexibility index (Phi) is 4.61. The second kappa shape index (κ2) is 7.01. The Labute approximate surface area is 147 Å². The molecule has 0 fully saturated rings. The molecule has 2 aromatic carbocycles. The van der Waals surface area contributed by atoms with Gasteiger partial charge in [0.25, 0.3) is 5.69 Å². The molecule has 0 radical (unpaired) electrons. The standard InChI is InChI=1S/C17H14N4O5/c1-2-26-15-8-4-3-7-12(15)19-17-14(21(24)25)10-13(20(22)23)11-6-5-9-18-16(11)17/h3-10,19H,2H2,1H3. The summed E-state index contributed by atoms with van der Waals surface area (Å²) < 4.78 is 5.52. The quantitative estimate of drug-likeness (QED) is 0.520. The maximum atomic E-state index is 11.5. The molecule has 9 heteroatoms. The molecule has 0 aliphatic heterocycles. The molecule has 1 heterocycles. The number of pyridine rings is 1. The van der Waals surface area contributed by atoms with Crippen molar-refractivity contribution < 1.29 is 14.6 Å². The third-order valence-electron chi connectivity index (χ3n) is 3.69. The Morgan fingerprint density at radius 1 is 1.08 bits per heavy atom. The number of nitro benzene ring substituents is 2. The van der Waals surface area contributed by atoms with Crippen LogP contribution in [0.4, 0.5) is 22.7 Å². The van der Waals surface area contributed by atoms with E-state index in [1.807, 2.05) is 6.92 Å². The van der Waals surface area contributed by atoms with E-state index in [0.29, 0.717) is 18.0 Å². The van der Waals surface area contributed by atoms with Crippen LogP contribution in [0, 0.1) is 20.2 Å². The topological polar surface area (TPSA) is 120 Å². The first-order valence-electron chi connectivity index (χ1n) is 7.72. The van der Waals surface area contributed by atoms with E-state index in [0.717, 1.165) is 6.07 Å². The largest absolute Gasteiger partial charge is 0.492 e. The van der Waals surface area contributed by atoms with E-state index < -0.39 is 15.5 Å². The van der Waals surface area contributed by atoms with Crippen LogP contribution in [0.25, 0.3) is 10.9 Å². The second-order valence-electron chi connectivity index (χ2n) is 5.26. The lowest BCUT2D eigenvalue weighted by Gasteiger charge is -2.13. The fourth-order valence-electron chi connectivity index (χ4n) is 2.62. The third kappa shape index (κ3) is 3.09. The first-order valence-corrected chi connectivity index (χ1v) is 7.72. The van der Waals surface area contributed by atoms with Gasteiger partial charge in [-0.3, -0.25) is 25.2 Å². The van der Waals surface area contributed by atoms with Gasteiger partial charge in [-0.2, -0.15) is 0 Å². The van der Waals surface area contributed by atoms with Crippen molar-refractivity contribution in [1.29, 1.82) is 0 Å². The van der Waals surface area contributed by atoms with E-state index in [1.54, 1.807) is 30.3 Å². The summed E-state index contributed by atoms with van der Waals surface area (Å²) in [5.41, 5.74) is -0.0982. The number of aromatic nitrogens is 1. The van der Waals surface area contributed by atoms with Crippen LogP contribution < -0.4 is 10.1 Å². The summed E-state index contributed by atoms with van der Waals surface area (Å²) in [5, 5.41) is 26.0. The first-order chi connectivity index (χ1) is 12.5.